The fourth-order valence-electron chi connectivity index (χ4n) is 6.64. The predicted octanol–water partition coefficient (Wildman–Crippen LogP) is 5.10. The molecule has 6 rings (SSSR count). The zero-order valence-corrected chi connectivity index (χ0v) is 25.8. The lowest BCUT2D eigenvalue weighted by molar-refractivity contribution is -0.125. The molecule has 1 fully saturated rings. The number of nitrogens with zero attached hydrogens (tertiary/aromatic N) is 6. The third-order valence-electron chi connectivity index (χ3n) is 8.96. The van der Waals surface area contributed by atoms with Gasteiger partial charge in [-0.05, 0) is 82.1 Å². The van der Waals surface area contributed by atoms with E-state index in [1.54, 1.807) is 4.68 Å². The van der Waals surface area contributed by atoms with Crippen LogP contribution in [0.2, 0.25) is 0 Å². The fraction of sp³-hybridized carbons (Fsp3) is 0.353. The smallest absolute Gasteiger partial charge is 0.298 e. The summed E-state index contributed by atoms with van der Waals surface area (Å²) in [5.41, 5.74) is 11.2. The molecule has 4 aromatic rings. The molecule has 0 bridgehead atoms. The van der Waals surface area contributed by atoms with Gasteiger partial charge >= 0.3 is 0 Å². The van der Waals surface area contributed by atoms with E-state index in [2.05, 4.69) is 32.9 Å². The first kappa shape index (κ1) is 30.4. The van der Waals surface area contributed by atoms with Crippen LogP contribution in [0.3, 0.4) is 0 Å². The van der Waals surface area contributed by atoms with Crippen molar-refractivity contribution < 1.29 is 19.0 Å². The van der Waals surface area contributed by atoms with Crippen LogP contribution >= 0.6 is 0 Å². The van der Waals surface area contributed by atoms with Gasteiger partial charge in [0, 0.05) is 36.3 Å². The van der Waals surface area contributed by atoms with Crippen LogP contribution in [0.15, 0.2) is 66.2 Å². The van der Waals surface area contributed by atoms with Gasteiger partial charge in [0.2, 0.25) is 0 Å². The molecule has 10 nitrogen and oxygen atoms in total. The molecule has 3 N–H and O–H groups in total. The zero-order valence-electron chi connectivity index (χ0n) is 25.8. The first-order valence-corrected chi connectivity index (χ1v) is 15.3. The predicted molar refractivity (Wildman–Crippen MR) is 172 cm³/mol. The quantitative estimate of drug-likeness (QED) is 0.207. The number of rotatable bonds is 8. The van der Waals surface area contributed by atoms with Gasteiger partial charge in [-0.25, -0.2) is 19.0 Å². The summed E-state index contributed by atoms with van der Waals surface area (Å²) < 4.78 is 21.9. The average molecular weight is 612 g/mol. The van der Waals surface area contributed by atoms with Crippen molar-refractivity contribution >= 4 is 28.9 Å². The van der Waals surface area contributed by atoms with Gasteiger partial charge < -0.3 is 20.5 Å². The maximum absolute atomic E-state index is 14.4. The van der Waals surface area contributed by atoms with E-state index in [1.165, 1.54) is 18.5 Å². The number of ether oxygens (including phenoxy) is 1. The number of fused-ring (bicyclic) bond motifs is 1. The highest BCUT2D eigenvalue weighted by molar-refractivity contribution is 5.98. The topological polar surface area (TPSA) is 123 Å². The summed E-state index contributed by atoms with van der Waals surface area (Å²) in [6, 6.07) is 11.6. The number of carbonyl (C=O) groups excluding carboxylic acids is 1. The summed E-state index contributed by atoms with van der Waals surface area (Å²) in [6.45, 7) is 8.21. The lowest BCUT2D eigenvalue weighted by atomic mass is 9.88. The number of carbonyl (C=O) groups is 1. The molecule has 0 amide bonds. The van der Waals surface area contributed by atoms with Crippen LogP contribution < -0.4 is 5.73 Å². The number of hydrogen-bond acceptors (Lipinski definition) is 9. The van der Waals surface area contributed by atoms with Crippen molar-refractivity contribution in [2.24, 2.45) is 0 Å². The molecule has 0 aliphatic carbocycles. The van der Waals surface area contributed by atoms with Gasteiger partial charge in [0.25, 0.3) is 6.47 Å². The average Bonchev–Trinajstić information content (AvgIpc) is 3.43. The second-order valence-electron chi connectivity index (χ2n) is 11.9. The summed E-state index contributed by atoms with van der Waals surface area (Å²) in [5, 5.41) is 15.4. The van der Waals surface area contributed by atoms with Gasteiger partial charge in [-0.1, -0.05) is 30.3 Å². The van der Waals surface area contributed by atoms with E-state index in [1.807, 2.05) is 38.1 Å². The van der Waals surface area contributed by atoms with Crippen LogP contribution in [0.1, 0.15) is 43.4 Å². The molecular formula is C34H38FN7O3. The summed E-state index contributed by atoms with van der Waals surface area (Å²) in [6.07, 6.45) is 6.68. The lowest BCUT2D eigenvalue weighted by Gasteiger charge is -2.40. The number of anilines is 1. The Morgan fingerprint density at radius 3 is 2.67 bits per heavy atom. The molecule has 45 heavy (non-hydrogen) atoms. The number of phenols is 1. The van der Waals surface area contributed by atoms with Crippen molar-refractivity contribution in [3.63, 3.8) is 0 Å². The SMILES string of the molecule is Cc1ccccc1/C(C1=CCCN(C2CCN(C)CC2)C1)=C(\OC=O)C(C)n1nc(-c2cc(O)cc(F)c2)c2c(N)ncnc21. The Hall–Kier alpha value is -4.61. The number of likely N-dealkylation sites (tertiary alicyclic amines) is 1. The highest BCUT2D eigenvalue weighted by atomic mass is 19.1. The summed E-state index contributed by atoms with van der Waals surface area (Å²) in [7, 11) is 2.17. The van der Waals surface area contributed by atoms with Crippen LogP contribution in [-0.4, -0.2) is 80.4 Å². The molecule has 234 valence electrons. The first-order chi connectivity index (χ1) is 21.7. The fourth-order valence-corrected chi connectivity index (χ4v) is 6.64. The van der Waals surface area contributed by atoms with Gasteiger partial charge in [0.05, 0.1) is 5.39 Å². The van der Waals surface area contributed by atoms with Crippen molar-refractivity contribution in [1.29, 1.82) is 0 Å². The number of aromatic hydroxyl groups is 1. The maximum Gasteiger partial charge on any atom is 0.298 e. The van der Waals surface area contributed by atoms with Gasteiger partial charge in [-0.2, -0.15) is 5.10 Å². The molecule has 1 unspecified atom stereocenters. The Morgan fingerprint density at radius 2 is 1.93 bits per heavy atom. The Labute approximate surface area is 261 Å². The highest BCUT2D eigenvalue weighted by Crippen LogP contribution is 2.40. The zero-order chi connectivity index (χ0) is 31.7. The Kier molecular flexibility index (Phi) is 8.64. The molecule has 0 saturated carbocycles. The Morgan fingerprint density at radius 1 is 1.16 bits per heavy atom. The number of benzene rings is 2. The minimum Gasteiger partial charge on any atom is -0.508 e. The second-order valence-corrected chi connectivity index (χ2v) is 11.9. The standard InChI is InChI=1S/C34H38FN7O3/c1-21-7-4-5-9-28(21)29(23-8-6-12-41(18-23)26-10-13-40(3)14-11-26)32(45-20-43)22(2)42-34-30(33(36)37-19-38-34)31(39-42)24-15-25(35)17-27(44)16-24/h4-5,7-9,15-17,19-20,22,26,44H,6,10-14,18H2,1-3H3,(H2,36,37,38)/b32-29-. The maximum atomic E-state index is 14.4. The molecule has 1 saturated heterocycles. The third kappa shape index (κ3) is 6.05. The molecule has 1 atom stereocenters. The molecule has 2 aromatic carbocycles. The van der Waals surface area contributed by atoms with E-state index < -0.39 is 11.9 Å². The summed E-state index contributed by atoms with van der Waals surface area (Å²) >= 11 is 0. The van der Waals surface area contributed by atoms with Crippen molar-refractivity contribution in [2.45, 2.75) is 45.2 Å². The number of aromatic nitrogens is 4. The van der Waals surface area contributed by atoms with Crippen molar-refractivity contribution in [2.75, 3.05) is 39.0 Å². The number of hydrogen-bond donors (Lipinski definition) is 2. The van der Waals surface area contributed by atoms with Gasteiger partial charge in [0.1, 0.15) is 41.2 Å². The third-order valence-corrected chi connectivity index (χ3v) is 8.96. The summed E-state index contributed by atoms with van der Waals surface area (Å²) in [4.78, 5) is 25.8. The number of phenolic OH excluding ortho intramolecular Hbond substituents is 1. The normalized spacial score (nSPS) is 18.0. The summed E-state index contributed by atoms with van der Waals surface area (Å²) in [5.74, 6) is -0.310. The van der Waals surface area contributed by atoms with Crippen molar-refractivity contribution in [3.8, 4) is 17.0 Å². The van der Waals surface area contributed by atoms with Crippen molar-refractivity contribution in [3.05, 3.63) is 83.1 Å². The van der Waals surface area contributed by atoms with Crippen LogP contribution in [0.25, 0.3) is 27.9 Å². The van der Waals surface area contributed by atoms with Gasteiger partial charge in [0.15, 0.2) is 5.65 Å². The number of nitrogens with two attached hydrogens (primary N) is 1. The number of piperidine rings is 1. The van der Waals surface area contributed by atoms with E-state index in [9.17, 15) is 14.3 Å². The van der Waals surface area contributed by atoms with Crippen LogP contribution in [0.4, 0.5) is 10.2 Å². The van der Waals surface area contributed by atoms with Crippen LogP contribution in [0, 0.1) is 12.7 Å². The minimum atomic E-state index is -0.642. The lowest BCUT2D eigenvalue weighted by Crippen LogP contribution is -2.45. The molecule has 2 aliphatic heterocycles. The largest absolute Gasteiger partial charge is 0.508 e. The van der Waals surface area contributed by atoms with Gasteiger partial charge in [-0.3, -0.25) is 9.69 Å². The van der Waals surface area contributed by atoms with E-state index in [0.717, 1.165) is 73.8 Å². The molecule has 11 heteroatoms. The monoisotopic (exact) mass is 611 g/mol. The molecular weight excluding hydrogens is 573 g/mol. The van der Waals surface area contributed by atoms with E-state index >= 15 is 0 Å². The van der Waals surface area contributed by atoms with E-state index in [0.29, 0.717) is 40.6 Å². The number of aryl methyl sites for hydroxylation is 1. The highest BCUT2D eigenvalue weighted by Gasteiger charge is 2.31. The minimum absolute atomic E-state index is 0.155. The molecule has 2 aromatic heterocycles. The van der Waals surface area contributed by atoms with E-state index in [4.69, 9.17) is 15.6 Å². The number of halogens is 1. The van der Waals surface area contributed by atoms with Crippen LogP contribution in [0.5, 0.6) is 5.75 Å². The first-order valence-electron chi connectivity index (χ1n) is 15.3. The van der Waals surface area contributed by atoms with Gasteiger partial charge in [-0.15, -0.1) is 0 Å². The molecule has 4 heterocycles. The Balaban J connectivity index is 1.52. The van der Waals surface area contributed by atoms with Crippen LogP contribution in [-0.2, 0) is 9.53 Å². The second kappa shape index (κ2) is 12.8. The number of nitrogen functional groups attached to an aromatic ring is 1. The molecule has 0 radical (unpaired) electrons. The molecule has 2 aliphatic rings. The van der Waals surface area contributed by atoms with E-state index in [-0.39, 0.29) is 11.6 Å². The molecule has 0 spiro atoms. The Bertz CT molecular complexity index is 1770. The van der Waals surface area contributed by atoms with Crippen molar-refractivity contribution in [1.82, 2.24) is 29.5 Å². The number of allylic oxidation sites excluding steroid dienone is 1.